The van der Waals surface area contributed by atoms with E-state index in [2.05, 4.69) is 12.1 Å². The predicted molar refractivity (Wildman–Crippen MR) is 76.4 cm³/mol. The van der Waals surface area contributed by atoms with Crippen LogP contribution in [-0.4, -0.2) is 23.1 Å². The lowest BCUT2D eigenvalue weighted by Crippen LogP contribution is -1.97. The number of phenolic OH excluding ortho intramolecular Hbond substituents is 1. The van der Waals surface area contributed by atoms with Crippen molar-refractivity contribution in [3.05, 3.63) is 23.8 Å². The van der Waals surface area contributed by atoms with Gasteiger partial charge in [0.25, 0.3) is 0 Å². The van der Waals surface area contributed by atoms with E-state index in [1.165, 1.54) is 44.4 Å². The van der Waals surface area contributed by atoms with Crippen LogP contribution >= 0.6 is 0 Å². The predicted octanol–water partition coefficient (Wildman–Crippen LogP) is 3.94. The maximum absolute atomic E-state index is 9.64. The van der Waals surface area contributed by atoms with Crippen LogP contribution in [0.5, 0.6) is 11.5 Å². The van der Waals surface area contributed by atoms with Crippen molar-refractivity contribution >= 4 is 6.21 Å². The Bertz CT molecular complexity index is 391. The fourth-order valence-corrected chi connectivity index (χ4v) is 1.86. The Balaban J connectivity index is 2.24. The summed E-state index contributed by atoms with van der Waals surface area (Å²) in [4.78, 5) is 0. The van der Waals surface area contributed by atoms with Crippen LogP contribution in [0.25, 0.3) is 0 Å². The number of aromatic hydroxyl groups is 1. The molecule has 2 N–H and O–H groups in total. The lowest BCUT2D eigenvalue weighted by atomic mass is 10.1. The van der Waals surface area contributed by atoms with Gasteiger partial charge in [-0.2, -0.15) is 0 Å². The number of hydrogen-bond acceptors (Lipinski definition) is 4. The van der Waals surface area contributed by atoms with Crippen LogP contribution in [0.2, 0.25) is 0 Å². The number of ether oxygens (including phenoxy) is 1. The van der Waals surface area contributed by atoms with Crippen LogP contribution in [0.3, 0.4) is 0 Å². The number of hydrogen-bond donors (Lipinski definition) is 2. The molecular formula is C15H23NO3. The van der Waals surface area contributed by atoms with Crippen molar-refractivity contribution in [1.82, 2.24) is 0 Å². The molecule has 0 aliphatic carbocycles. The van der Waals surface area contributed by atoms with Gasteiger partial charge in [0.2, 0.25) is 0 Å². The molecule has 0 heterocycles. The summed E-state index contributed by atoms with van der Waals surface area (Å²) in [5.41, 5.74) is 0.467. The maximum atomic E-state index is 9.64. The minimum Gasteiger partial charge on any atom is -0.507 e. The van der Waals surface area contributed by atoms with Crippen molar-refractivity contribution in [2.24, 2.45) is 5.16 Å². The van der Waals surface area contributed by atoms with Gasteiger partial charge in [-0.05, 0) is 18.6 Å². The Hall–Kier alpha value is -1.71. The van der Waals surface area contributed by atoms with Crippen molar-refractivity contribution in [3.8, 4) is 11.5 Å². The maximum Gasteiger partial charge on any atom is 0.128 e. The third-order valence-corrected chi connectivity index (χ3v) is 2.97. The zero-order chi connectivity index (χ0) is 13.9. The van der Waals surface area contributed by atoms with Gasteiger partial charge in [-0.15, -0.1) is 0 Å². The smallest absolute Gasteiger partial charge is 0.128 e. The second kappa shape index (κ2) is 9.25. The zero-order valence-electron chi connectivity index (χ0n) is 11.5. The molecule has 0 aliphatic heterocycles. The molecule has 0 amide bonds. The first kappa shape index (κ1) is 15.3. The molecule has 0 bridgehead atoms. The monoisotopic (exact) mass is 265 g/mol. The minimum atomic E-state index is 0.0539. The first-order chi connectivity index (χ1) is 9.27. The van der Waals surface area contributed by atoms with Crippen molar-refractivity contribution in [2.75, 3.05) is 6.61 Å². The Kier molecular flexibility index (Phi) is 7.47. The van der Waals surface area contributed by atoms with Crippen LogP contribution in [0.15, 0.2) is 23.4 Å². The van der Waals surface area contributed by atoms with Crippen molar-refractivity contribution < 1.29 is 15.1 Å². The Morgan fingerprint density at radius 3 is 2.58 bits per heavy atom. The molecule has 0 radical (unpaired) electrons. The lowest BCUT2D eigenvalue weighted by Gasteiger charge is -2.07. The lowest BCUT2D eigenvalue weighted by molar-refractivity contribution is 0.302. The third kappa shape index (κ3) is 6.13. The summed E-state index contributed by atoms with van der Waals surface area (Å²) in [6.45, 7) is 2.87. The summed E-state index contributed by atoms with van der Waals surface area (Å²) in [6.07, 6.45) is 8.53. The van der Waals surface area contributed by atoms with E-state index in [9.17, 15) is 5.11 Å². The highest BCUT2D eigenvalue weighted by Crippen LogP contribution is 2.22. The van der Waals surface area contributed by atoms with E-state index in [-0.39, 0.29) is 5.75 Å². The Morgan fingerprint density at radius 1 is 1.16 bits per heavy atom. The van der Waals surface area contributed by atoms with E-state index in [0.717, 1.165) is 6.42 Å². The largest absolute Gasteiger partial charge is 0.507 e. The van der Waals surface area contributed by atoms with E-state index in [1.54, 1.807) is 12.1 Å². The highest BCUT2D eigenvalue weighted by atomic mass is 16.5. The van der Waals surface area contributed by atoms with E-state index < -0.39 is 0 Å². The van der Waals surface area contributed by atoms with Gasteiger partial charge in [-0.1, -0.05) is 44.2 Å². The molecule has 0 unspecified atom stereocenters. The van der Waals surface area contributed by atoms with Crippen molar-refractivity contribution in [1.29, 1.82) is 0 Å². The van der Waals surface area contributed by atoms with E-state index in [4.69, 9.17) is 9.94 Å². The number of phenols is 1. The fourth-order valence-electron chi connectivity index (χ4n) is 1.86. The van der Waals surface area contributed by atoms with Gasteiger partial charge in [0.1, 0.15) is 11.5 Å². The van der Waals surface area contributed by atoms with Gasteiger partial charge in [0, 0.05) is 11.6 Å². The molecule has 19 heavy (non-hydrogen) atoms. The second-order valence-corrected chi connectivity index (χ2v) is 4.58. The zero-order valence-corrected chi connectivity index (χ0v) is 11.5. The van der Waals surface area contributed by atoms with E-state index >= 15 is 0 Å². The first-order valence-corrected chi connectivity index (χ1v) is 6.91. The van der Waals surface area contributed by atoms with Gasteiger partial charge in [0.05, 0.1) is 12.8 Å². The molecule has 4 nitrogen and oxygen atoms in total. The molecule has 0 saturated heterocycles. The Labute approximate surface area is 114 Å². The molecule has 1 rings (SSSR count). The van der Waals surface area contributed by atoms with Crippen LogP contribution in [0.4, 0.5) is 0 Å². The number of nitrogens with zero attached hydrogens (tertiary/aromatic N) is 1. The highest BCUT2D eigenvalue weighted by molar-refractivity contribution is 5.83. The molecule has 1 aromatic carbocycles. The molecule has 0 fully saturated rings. The molecule has 4 heteroatoms. The van der Waals surface area contributed by atoms with E-state index in [0.29, 0.717) is 17.9 Å². The van der Waals surface area contributed by atoms with Crippen molar-refractivity contribution in [3.63, 3.8) is 0 Å². The van der Waals surface area contributed by atoms with Crippen LogP contribution in [0, 0.1) is 0 Å². The van der Waals surface area contributed by atoms with Crippen LogP contribution in [-0.2, 0) is 0 Å². The van der Waals surface area contributed by atoms with Crippen LogP contribution in [0.1, 0.15) is 51.0 Å². The fraction of sp³-hybridized carbons (Fsp3) is 0.533. The number of rotatable bonds is 9. The van der Waals surface area contributed by atoms with Gasteiger partial charge >= 0.3 is 0 Å². The molecule has 0 aliphatic rings. The van der Waals surface area contributed by atoms with Crippen molar-refractivity contribution in [2.45, 2.75) is 45.4 Å². The van der Waals surface area contributed by atoms with Crippen LogP contribution < -0.4 is 4.74 Å². The quantitative estimate of drug-likeness (QED) is 0.308. The van der Waals surface area contributed by atoms with E-state index in [1.807, 2.05) is 0 Å². The SMILES string of the molecule is CCCCCCCCOc1ccc(C=NO)c(O)c1. The van der Waals surface area contributed by atoms with Gasteiger partial charge in [-0.25, -0.2) is 0 Å². The van der Waals surface area contributed by atoms with Gasteiger partial charge in [0.15, 0.2) is 0 Å². The number of unbranched alkanes of at least 4 members (excludes halogenated alkanes) is 5. The molecule has 106 valence electrons. The topological polar surface area (TPSA) is 62.0 Å². The average Bonchev–Trinajstić information content (AvgIpc) is 2.41. The summed E-state index contributed by atoms with van der Waals surface area (Å²) in [6, 6.07) is 4.95. The summed E-state index contributed by atoms with van der Waals surface area (Å²) in [7, 11) is 0. The summed E-state index contributed by atoms with van der Waals surface area (Å²) in [5, 5.41) is 20.9. The molecule has 0 atom stereocenters. The third-order valence-electron chi connectivity index (χ3n) is 2.97. The van der Waals surface area contributed by atoms with Gasteiger partial charge < -0.3 is 15.1 Å². The molecule has 0 spiro atoms. The second-order valence-electron chi connectivity index (χ2n) is 4.58. The normalized spacial score (nSPS) is 11.0. The number of oxime groups is 1. The number of benzene rings is 1. The molecule has 0 aromatic heterocycles. The average molecular weight is 265 g/mol. The highest BCUT2D eigenvalue weighted by Gasteiger charge is 2.01. The molecule has 0 saturated carbocycles. The first-order valence-electron chi connectivity index (χ1n) is 6.91. The molecule has 1 aromatic rings. The Morgan fingerprint density at radius 2 is 1.89 bits per heavy atom. The standard InChI is InChI=1S/C15H23NO3/c1-2-3-4-5-6-7-10-19-14-9-8-13(12-16-18)15(17)11-14/h8-9,11-12,17-18H,2-7,10H2,1H3. The van der Waals surface area contributed by atoms with Gasteiger partial charge in [-0.3, -0.25) is 0 Å². The summed E-state index contributed by atoms with van der Waals surface area (Å²) < 4.78 is 5.56. The summed E-state index contributed by atoms with van der Waals surface area (Å²) in [5.74, 6) is 0.694. The summed E-state index contributed by atoms with van der Waals surface area (Å²) >= 11 is 0. The minimum absolute atomic E-state index is 0.0539. The molecular weight excluding hydrogens is 242 g/mol.